The second kappa shape index (κ2) is 10.0. The fraction of sp³-hybridized carbons (Fsp3) is 0.333. The van der Waals surface area contributed by atoms with E-state index in [1.165, 1.54) is 21.7 Å². The summed E-state index contributed by atoms with van der Waals surface area (Å²) in [4.78, 5) is 39.1. The van der Waals surface area contributed by atoms with Crippen molar-refractivity contribution in [1.29, 1.82) is 0 Å². The van der Waals surface area contributed by atoms with Gasteiger partial charge in [-0.25, -0.2) is 4.39 Å². The van der Waals surface area contributed by atoms with Crippen LogP contribution >= 0.6 is 11.6 Å². The van der Waals surface area contributed by atoms with E-state index in [4.69, 9.17) is 17.3 Å². The molecule has 3 amide bonds. The zero-order valence-corrected chi connectivity index (χ0v) is 19.8. The zero-order chi connectivity index (χ0) is 25.3. The molecular weight excluding hydrogens is 477 g/mol. The maximum absolute atomic E-state index is 14.1. The van der Waals surface area contributed by atoms with Crippen LogP contribution in [-0.4, -0.2) is 50.1 Å². The van der Waals surface area contributed by atoms with Crippen molar-refractivity contribution in [3.63, 3.8) is 0 Å². The van der Waals surface area contributed by atoms with Crippen LogP contribution in [0.3, 0.4) is 0 Å². The van der Waals surface area contributed by atoms with Crippen molar-refractivity contribution in [1.82, 2.24) is 20.0 Å². The molecule has 11 heteroatoms. The number of rotatable bonds is 9. The Morgan fingerprint density at radius 2 is 2.06 bits per heavy atom. The Hall–Kier alpha value is -3.50. The second-order valence-electron chi connectivity index (χ2n) is 8.57. The van der Waals surface area contributed by atoms with Gasteiger partial charge in [0.05, 0.1) is 23.2 Å². The number of nitrogens with zero attached hydrogens (tertiary/aromatic N) is 3. The number of aromatic nitrogens is 2. The minimum Gasteiger partial charge on any atom is -0.389 e. The highest BCUT2D eigenvalue weighted by molar-refractivity contribution is 6.30. The van der Waals surface area contributed by atoms with Gasteiger partial charge in [0.2, 0.25) is 11.8 Å². The molecule has 0 bridgehead atoms. The number of primary amides is 1. The number of nitrogens with one attached hydrogen (secondary N) is 1. The summed E-state index contributed by atoms with van der Waals surface area (Å²) in [5.74, 6) is -2.14. The molecule has 1 saturated carbocycles. The Morgan fingerprint density at radius 3 is 2.71 bits per heavy atom. The van der Waals surface area contributed by atoms with Crippen molar-refractivity contribution in [3.05, 3.63) is 64.1 Å². The molecule has 1 heterocycles. The highest BCUT2D eigenvalue weighted by Gasteiger charge is 2.34. The highest BCUT2D eigenvalue weighted by Crippen LogP contribution is 2.28. The van der Waals surface area contributed by atoms with Crippen molar-refractivity contribution in [2.24, 2.45) is 5.73 Å². The average molecular weight is 502 g/mol. The summed E-state index contributed by atoms with van der Waals surface area (Å²) < 4.78 is 15.4. The van der Waals surface area contributed by atoms with Gasteiger partial charge in [-0.15, -0.1) is 0 Å². The zero-order valence-electron chi connectivity index (χ0n) is 19.0. The lowest BCUT2D eigenvalue weighted by Crippen LogP contribution is -2.43. The van der Waals surface area contributed by atoms with Crippen LogP contribution < -0.4 is 11.1 Å². The van der Waals surface area contributed by atoms with Crippen molar-refractivity contribution in [2.75, 3.05) is 6.54 Å². The van der Waals surface area contributed by atoms with Crippen LogP contribution in [0.5, 0.6) is 0 Å². The van der Waals surface area contributed by atoms with Gasteiger partial charge in [-0.1, -0.05) is 29.8 Å². The van der Waals surface area contributed by atoms with E-state index in [1.807, 2.05) is 0 Å². The number of aliphatic hydroxyl groups is 1. The van der Waals surface area contributed by atoms with Gasteiger partial charge in [-0.2, -0.15) is 5.10 Å². The number of hydrogen-bond acceptors (Lipinski definition) is 5. The fourth-order valence-electron chi connectivity index (χ4n) is 3.87. The smallest absolute Gasteiger partial charge is 0.269 e. The molecule has 35 heavy (non-hydrogen) atoms. The number of carbonyl (C=O) groups is 3. The number of hydrogen-bond donors (Lipinski definition) is 3. The van der Waals surface area contributed by atoms with Crippen LogP contribution in [0.1, 0.15) is 47.5 Å². The number of halogens is 2. The first-order valence-corrected chi connectivity index (χ1v) is 11.5. The summed E-state index contributed by atoms with van der Waals surface area (Å²) in [5.41, 5.74) is 6.80. The van der Waals surface area contributed by atoms with E-state index in [-0.39, 0.29) is 47.9 Å². The summed E-state index contributed by atoms with van der Waals surface area (Å²) in [6.07, 6.45) is 0.785. The van der Waals surface area contributed by atoms with E-state index in [0.717, 1.165) is 12.8 Å². The Bertz CT molecular complexity index is 1300. The van der Waals surface area contributed by atoms with Gasteiger partial charge in [0, 0.05) is 23.5 Å². The van der Waals surface area contributed by atoms with Crippen LogP contribution in [0.25, 0.3) is 10.9 Å². The number of aliphatic hydroxyl groups excluding tert-OH is 1. The van der Waals surface area contributed by atoms with E-state index in [0.29, 0.717) is 16.5 Å². The molecule has 1 atom stereocenters. The number of fused-ring (bicyclic) bond motifs is 1. The third kappa shape index (κ3) is 5.44. The van der Waals surface area contributed by atoms with Crippen LogP contribution in [-0.2, 0) is 22.7 Å². The van der Waals surface area contributed by atoms with Gasteiger partial charge in [-0.3, -0.25) is 19.1 Å². The van der Waals surface area contributed by atoms with Gasteiger partial charge in [0.25, 0.3) is 5.91 Å². The maximum atomic E-state index is 14.1. The normalized spacial score (nSPS) is 14.1. The third-order valence-corrected chi connectivity index (χ3v) is 6.20. The van der Waals surface area contributed by atoms with Gasteiger partial charge in [0.1, 0.15) is 12.4 Å². The van der Waals surface area contributed by atoms with Crippen LogP contribution in [0.2, 0.25) is 5.02 Å². The standard InChI is InChI=1S/C24H25ClFN5O4/c1-13(32)14-5-8-19-17(9-14)23(24(27)35)29-31(19)12-21(34)30(16-6-7-16)11-20(33)28-10-15-3-2-4-18(25)22(15)26/h2-5,8-9,13,16,32H,6-7,10-12H2,1H3,(H2,27,35)(H,28,33). The molecule has 1 aliphatic carbocycles. The average Bonchev–Trinajstić information content (AvgIpc) is 3.59. The molecule has 0 spiro atoms. The molecule has 2 aromatic carbocycles. The van der Waals surface area contributed by atoms with E-state index in [9.17, 15) is 23.9 Å². The fourth-order valence-corrected chi connectivity index (χ4v) is 4.07. The van der Waals surface area contributed by atoms with Crippen LogP contribution in [0.4, 0.5) is 4.39 Å². The first kappa shape index (κ1) is 24.6. The molecule has 4 N–H and O–H groups in total. The van der Waals surface area contributed by atoms with Gasteiger partial charge in [-0.05, 0) is 43.5 Å². The summed E-state index contributed by atoms with van der Waals surface area (Å²) in [7, 11) is 0. The van der Waals surface area contributed by atoms with Crippen molar-refractivity contribution in [2.45, 2.75) is 45.0 Å². The Balaban J connectivity index is 1.49. The van der Waals surface area contributed by atoms with E-state index < -0.39 is 23.7 Å². The van der Waals surface area contributed by atoms with E-state index in [2.05, 4.69) is 10.4 Å². The van der Waals surface area contributed by atoms with Gasteiger partial charge < -0.3 is 21.1 Å². The van der Waals surface area contributed by atoms with Crippen molar-refractivity contribution >= 4 is 40.2 Å². The monoisotopic (exact) mass is 501 g/mol. The molecule has 4 rings (SSSR count). The molecule has 1 aromatic heterocycles. The SMILES string of the molecule is CC(O)c1ccc2c(c1)c(C(N)=O)nn2CC(=O)N(CC(=O)NCc1cccc(Cl)c1F)C1CC1. The predicted octanol–water partition coefficient (Wildman–Crippen LogP) is 2.29. The molecule has 3 aromatic rings. The van der Waals surface area contributed by atoms with E-state index in [1.54, 1.807) is 31.2 Å². The maximum Gasteiger partial charge on any atom is 0.269 e. The Kier molecular flexibility index (Phi) is 7.04. The number of carbonyl (C=O) groups excluding carboxylic acids is 3. The molecule has 1 unspecified atom stereocenters. The van der Waals surface area contributed by atoms with Gasteiger partial charge >= 0.3 is 0 Å². The number of nitrogens with two attached hydrogens (primary N) is 1. The molecule has 184 valence electrons. The Labute approximate surface area is 205 Å². The van der Waals surface area contributed by atoms with Crippen molar-refractivity contribution < 1.29 is 23.9 Å². The minimum absolute atomic E-state index is 0.00503. The largest absolute Gasteiger partial charge is 0.389 e. The summed E-state index contributed by atoms with van der Waals surface area (Å²) >= 11 is 5.78. The highest BCUT2D eigenvalue weighted by atomic mass is 35.5. The lowest BCUT2D eigenvalue weighted by molar-refractivity contribution is -0.137. The number of amides is 3. The van der Waals surface area contributed by atoms with Crippen LogP contribution in [0.15, 0.2) is 36.4 Å². The first-order chi connectivity index (χ1) is 16.7. The summed E-state index contributed by atoms with van der Waals surface area (Å²) in [6, 6.07) is 9.42. The molecule has 9 nitrogen and oxygen atoms in total. The summed E-state index contributed by atoms with van der Waals surface area (Å²) in [6.45, 7) is 1.14. The Morgan fingerprint density at radius 1 is 1.31 bits per heavy atom. The predicted molar refractivity (Wildman–Crippen MR) is 127 cm³/mol. The molecule has 1 aliphatic rings. The lowest BCUT2D eigenvalue weighted by atomic mass is 10.1. The minimum atomic E-state index is -0.755. The van der Waals surface area contributed by atoms with Crippen molar-refractivity contribution in [3.8, 4) is 0 Å². The molecule has 0 saturated heterocycles. The first-order valence-electron chi connectivity index (χ1n) is 11.1. The number of benzene rings is 2. The molecular formula is C24H25ClFN5O4. The second-order valence-corrected chi connectivity index (χ2v) is 8.97. The molecule has 0 radical (unpaired) electrons. The van der Waals surface area contributed by atoms with Gasteiger partial charge in [0.15, 0.2) is 5.69 Å². The lowest BCUT2D eigenvalue weighted by Gasteiger charge is -2.22. The third-order valence-electron chi connectivity index (χ3n) is 5.90. The molecule has 1 fully saturated rings. The topological polar surface area (TPSA) is 131 Å². The summed E-state index contributed by atoms with van der Waals surface area (Å²) in [5, 5.41) is 17.1. The molecule has 0 aliphatic heterocycles. The van der Waals surface area contributed by atoms with Crippen LogP contribution in [0, 0.1) is 5.82 Å². The van der Waals surface area contributed by atoms with E-state index >= 15 is 0 Å². The quantitative estimate of drug-likeness (QED) is 0.414.